The highest BCUT2D eigenvalue weighted by Gasteiger charge is 2.44. The maximum absolute atomic E-state index is 11.6. The molecule has 0 aromatic carbocycles. The smallest absolute Gasteiger partial charge is 0.308 e. The first-order valence-corrected chi connectivity index (χ1v) is 7.77. The molecule has 1 heterocycles. The van der Waals surface area contributed by atoms with Crippen molar-refractivity contribution in [2.75, 3.05) is 11.9 Å². The van der Waals surface area contributed by atoms with Crippen molar-refractivity contribution in [3.63, 3.8) is 0 Å². The lowest BCUT2D eigenvalue weighted by molar-refractivity contribution is -0.259. The number of esters is 1. The van der Waals surface area contributed by atoms with Crippen LogP contribution in [0.15, 0.2) is 0 Å². The normalized spacial score (nSPS) is 34.0. The molecule has 8 heteroatoms. The maximum atomic E-state index is 11.6. The van der Waals surface area contributed by atoms with Crippen LogP contribution < -0.4 is 5.73 Å². The van der Waals surface area contributed by atoms with Crippen LogP contribution in [-0.4, -0.2) is 63.9 Å². The average molecular weight is 356 g/mol. The van der Waals surface area contributed by atoms with Crippen LogP contribution in [-0.2, 0) is 14.3 Å². The Kier molecular flexibility index (Phi) is 7.93. The highest BCUT2D eigenvalue weighted by Crippen LogP contribution is 2.21. The zero-order valence-corrected chi connectivity index (χ0v) is 12.7. The van der Waals surface area contributed by atoms with Gasteiger partial charge in [-0.25, -0.2) is 0 Å². The van der Waals surface area contributed by atoms with Gasteiger partial charge in [-0.05, 0) is 12.8 Å². The first-order valence-electron chi connectivity index (χ1n) is 6.64. The van der Waals surface area contributed by atoms with Crippen LogP contribution in [0.3, 0.4) is 0 Å². The third kappa shape index (κ3) is 4.94. The van der Waals surface area contributed by atoms with Crippen LogP contribution in [0.25, 0.3) is 0 Å². The molecule has 1 rings (SSSR count). The van der Waals surface area contributed by atoms with Gasteiger partial charge in [0.2, 0.25) is 6.29 Å². The number of carbonyl (C=O) groups excluding carboxylic acids is 1. The number of rotatable bonds is 7. The summed E-state index contributed by atoms with van der Waals surface area (Å²) in [6, 6.07) is -1.04. The average Bonchev–Trinajstić information content (AvgIpc) is 2.44. The second-order valence-electron chi connectivity index (χ2n) is 4.77. The van der Waals surface area contributed by atoms with Gasteiger partial charge >= 0.3 is 5.97 Å². The van der Waals surface area contributed by atoms with E-state index >= 15 is 0 Å². The molecule has 1 aliphatic rings. The summed E-state index contributed by atoms with van der Waals surface area (Å²) in [6.45, 7) is -0.496. The Morgan fingerprint density at radius 2 is 1.95 bits per heavy atom. The zero-order chi connectivity index (χ0) is 15.1. The molecule has 0 aliphatic carbocycles. The fourth-order valence-corrected chi connectivity index (χ4v) is 2.34. The van der Waals surface area contributed by atoms with E-state index in [0.29, 0.717) is 6.42 Å². The van der Waals surface area contributed by atoms with Crippen molar-refractivity contribution >= 4 is 21.9 Å². The molecular formula is C12H22BrNO6. The van der Waals surface area contributed by atoms with Crippen molar-refractivity contribution in [2.24, 2.45) is 5.73 Å². The number of alkyl halides is 1. The van der Waals surface area contributed by atoms with Gasteiger partial charge in [0.25, 0.3) is 0 Å². The van der Waals surface area contributed by atoms with E-state index < -0.39 is 43.2 Å². The van der Waals surface area contributed by atoms with Crippen molar-refractivity contribution in [1.82, 2.24) is 0 Å². The molecule has 1 fully saturated rings. The van der Waals surface area contributed by atoms with Crippen LogP contribution in [0.1, 0.15) is 25.7 Å². The third-order valence-electron chi connectivity index (χ3n) is 3.19. The Labute approximate surface area is 126 Å². The number of carbonyl (C=O) groups is 1. The Balaban J connectivity index is 2.43. The Hall–Kier alpha value is -0.250. The van der Waals surface area contributed by atoms with Gasteiger partial charge in [0.05, 0.1) is 12.6 Å². The molecule has 0 aromatic rings. The van der Waals surface area contributed by atoms with E-state index in [1.807, 2.05) is 0 Å². The fraction of sp³-hybridized carbons (Fsp3) is 0.917. The standard InChI is InChI=1S/C12H22BrNO6/c13-5-3-1-2-4-8(16)20-12-9(14)11(18)10(17)7(6-15)19-12/h7,9-12,15,17-18H,1-6,14H2/t7-,9-,10-,11-,12?/m1/s1. The Morgan fingerprint density at radius 3 is 2.55 bits per heavy atom. The summed E-state index contributed by atoms with van der Waals surface area (Å²) < 4.78 is 10.2. The van der Waals surface area contributed by atoms with E-state index in [1.165, 1.54) is 0 Å². The molecule has 118 valence electrons. The minimum Gasteiger partial charge on any atom is -0.434 e. The largest absolute Gasteiger partial charge is 0.434 e. The van der Waals surface area contributed by atoms with Crippen molar-refractivity contribution in [3.8, 4) is 0 Å². The highest BCUT2D eigenvalue weighted by atomic mass is 79.9. The van der Waals surface area contributed by atoms with Crippen molar-refractivity contribution < 1.29 is 29.6 Å². The lowest BCUT2D eigenvalue weighted by Gasteiger charge is -2.39. The Morgan fingerprint density at radius 1 is 1.25 bits per heavy atom. The summed E-state index contributed by atoms with van der Waals surface area (Å²) in [4.78, 5) is 11.6. The number of halogens is 1. The molecule has 0 amide bonds. The van der Waals surface area contributed by atoms with E-state index in [4.69, 9.17) is 20.3 Å². The molecule has 0 spiro atoms. The van der Waals surface area contributed by atoms with Crippen molar-refractivity contribution in [1.29, 1.82) is 0 Å². The van der Waals surface area contributed by atoms with Crippen molar-refractivity contribution in [2.45, 2.75) is 56.3 Å². The maximum Gasteiger partial charge on any atom is 0.308 e. The molecule has 0 aromatic heterocycles. The first-order chi connectivity index (χ1) is 9.51. The molecule has 1 saturated heterocycles. The van der Waals surface area contributed by atoms with Crippen LogP contribution in [0.5, 0.6) is 0 Å². The molecule has 1 aliphatic heterocycles. The minimum atomic E-state index is -1.31. The van der Waals surface area contributed by atoms with E-state index in [1.54, 1.807) is 0 Å². The molecule has 1 unspecified atom stereocenters. The number of aliphatic hydroxyl groups excluding tert-OH is 3. The monoisotopic (exact) mass is 355 g/mol. The molecule has 20 heavy (non-hydrogen) atoms. The van der Waals surface area contributed by atoms with Gasteiger partial charge in [-0.1, -0.05) is 22.4 Å². The predicted octanol–water partition coefficient (Wildman–Crippen LogP) is -0.749. The number of ether oxygens (including phenoxy) is 2. The summed E-state index contributed by atoms with van der Waals surface area (Å²) in [5.74, 6) is -0.472. The SMILES string of the molecule is N[C@H]1C(OC(=O)CCCCCBr)O[C@H](CO)[C@@H](O)[C@@H]1O. The third-order valence-corrected chi connectivity index (χ3v) is 3.75. The van der Waals surface area contributed by atoms with Crippen LogP contribution in [0.4, 0.5) is 0 Å². The van der Waals surface area contributed by atoms with E-state index in [9.17, 15) is 15.0 Å². The predicted molar refractivity (Wildman–Crippen MR) is 74.1 cm³/mol. The second-order valence-corrected chi connectivity index (χ2v) is 5.57. The van der Waals surface area contributed by atoms with Crippen LogP contribution in [0, 0.1) is 0 Å². The van der Waals surface area contributed by atoms with Gasteiger partial charge in [-0.15, -0.1) is 0 Å². The van der Waals surface area contributed by atoms with Gasteiger partial charge in [0, 0.05) is 11.8 Å². The molecule has 5 N–H and O–H groups in total. The van der Waals surface area contributed by atoms with Gasteiger partial charge in [0.15, 0.2) is 0 Å². The van der Waals surface area contributed by atoms with Crippen molar-refractivity contribution in [3.05, 3.63) is 0 Å². The summed E-state index contributed by atoms with van der Waals surface area (Å²) in [5.41, 5.74) is 5.65. The molecule has 0 radical (unpaired) electrons. The first kappa shape index (κ1) is 17.8. The fourth-order valence-electron chi connectivity index (χ4n) is 1.94. The molecule has 7 nitrogen and oxygen atoms in total. The quantitative estimate of drug-likeness (QED) is 0.269. The Bertz CT molecular complexity index is 304. The minimum absolute atomic E-state index is 0.238. The van der Waals surface area contributed by atoms with Crippen LogP contribution in [0.2, 0.25) is 0 Å². The number of unbranched alkanes of at least 4 members (excludes halogenated alkanes) is 2. The summed E-state index contributed by atoms with van der Waals surface area (Å²) in [7, 11) is 0. The lowest BCUT2D eigenvalue weighted by atomic mass is 9.98. The van der Waals surface area contributed by atoms with E-state index in [2.05, 4.69) is 15.9 Å². The lowest BCUT2D eigenvalue weighted by Crippen LogP contribution is -2.62. The van der Waals surface area contributed by atoms with Gasteiger partial charge in [-0.3, -0.25) is 4.79 Å². The topological polar surface area (TPSA) is 122 Å². The number of hydrogen-bond acceptors (Lipinski definition) is 7. The second kappa shape index (κ2) is 8.91. The number of nitrogens with two attached hydrogens (primary N) is 1. The van der Waals surface area contributed by atoms with Gasteiger partial charge in [0.1, 0.15) is 18.3 Å². The summed E-state index contributed by atoms with van der Waals surface area (Å²) >= 11 is 3.30. The number of hydrogen-bond donors (Lipinski definition) is 4. The molecular weight excluding hydrogens is 334 g/mol. The van der Waals surface area contributed by atoms with Crippen LogP contribution >= 0.6 is 15.9 Å². The molecule has 0 bridgehead atoms. The number of aliphatic hydroxyl groups is 3. The molecule has 5 atom stereocenters. The molecule has 0 saturated carbocycles. The van der Waals surface area contributed by atoms with Gasteiger partial charge in [-0.2, -0.15) is 0 Å². The zero-order valence-electron chi connectivity index (χ0n) is 11.2. The van der Waals surface area contributed by atoms with E-state index in [0.717, 1.165) is 18.2 Å². The van der Waals surface area contributed by atoms with E-state index in [-0.39, 0.29) is 6.42 Å². The summed E-state index contributed by atoms with van der Waals surface area (Å²) in [5, 5.41) is 29.2. The highest BCUT2D eigenvalue weighted by molar-refractivity contribution is 9.09. The van der Waals surface area contributed by atoms with Gasteiger partial charge < -0.3 is 30.5 Å². The summed E-state index contributed by atoms with van der Waals surface area (Å²) in [6.07, 6.45) is -1.98.